The zero-order valence-electron chi connectivity index (χ0n) is 9.80. The summed E-state index contributed by atoms with van der Waals surface area (Å²) in [7, 11) is 4.56. The largest absolute Gasteiger partial charge is 0.326 e. The minimum atomic E-state index is -1.21. The SMILES string of the molecule is CCCC1CC1=C(Cl)C(OC)(OC)OC. The molecule has 1 saturated carbocycles. The second kappa shape index (κ2) is 5.30. The van der Waals surface area contributed by atoms with E-state index in [9.17, 15) is 0 Å². The molecule has 15 heavy (non-hydrogen) atoms. The molecule has 0 N–H and O–H groups in total. The van der Waals surface area contributed by atoms with Crippen molar-refractivity contribution in [3.05, 3.63) is 10.6 Å². The lowest BCUT2D eigenvalue weighted by Gasteiger charge is -2.28. The highest BCUT2D eigenvalue weighted by Crippen LogP contribution is 2.48. The van der Waals surface area contributed by atoms with Crippen molar-refractivity contribution in [3.8, 4) is 0 Å². The molecule has 1 aliphatic rings. The average molecular weight is 235 g/mol. The van der Waals surface area contributed by atoms with Crippen molar-refractivity contribution in [1.82, 2.24) is 0 Å². The second-order valence-electron chi connectivity index (χ2n) is 3.70. The van der Waals surface area contributed by atoms with Crippen molar-refractivity contribution in [1.29, 1.82) is 0 Å². The molecule has 1 unspecified atom stereocenters. The molecule has 0 bridgehead atoms. The van der Waals surface area contributed by atoms with Crippen LogP contribution in [-0.2, 0) is 14.2 Å². The summed E-state index contributed by atoms with van der Waals surface area (Å²) in [5.74, 6) is -0.623. The van der Waals surface area contributed by atoms with Crippen LogP contribution in [0.15, 0.2) is 10.6 Å². The van der Waals surface area contributed by atoms with Crippen LogP contribution in [0.5, 0.6) is 0 Å². The van der Waals surface area contributed by atoms with Crippen molar-refractivity contribution in [2.45, 2.75) is 32.2 Å². The first kappa shape index (κ1) is 13.0. The topological polar surface area (TPSA) is 27.7 Å². The van der Waals surface area contributed by atoms with E-state index in [0.717, 1.165) is 12.8 Å². The predicted molar refractivity (Wildman–Crippen MR) is 59.7 cm³/mol. The van der Waals surface area contributed by atoms with Gasteiger partial charge in [-0.3, -0.25) is 0 Å². The Kier molecular flexibility index (Phi) is 4.59. The molecule has 1 atom stereocenters. The summed E-state index contributed by atoms with van der Waals surface area (Å²) in [4.78, 5) is 0. The molecule has 3 nitrogen and oxygen atoms in total. The van der Waals surface area contributed by atoms with Gasteiger partial charge in [0.05, 0.1) is 0 Å². The molecule has 0 radical (unpaired) electrons. The summed E-state index contributed by atoms with van der Waals surface area (Å²) < 4.78 is 15.6. The fourth-order valence-corrected chi connectivity index (χ4v) is 2.28. The summed E-state index contributed by atoms with van der Waals surface area (Å²) in [5, 5.41) is 0.549. The van der Waals surface area contributed by atoms with E-state index in [1.807, 2.05) is 0 Å². The lowest BCUT2D eigenvalue weighted by molar-refractivity contribution is -0.322. The summed E-state index contributed by atoms with van der Waals surface area (Å²) in [6, 6.07) is 0. The number of hydrogen-bond donors (Lipinski definition) is 0. The standard InChI is InChI=1S/C11H19ClO3/c1-5-6-8-7-9(8)10(12)11(13-2,14-3)15-4/h8H,5-7H2,1-4H3. The van der Waals surface area contributed by atoms with Crippen LogP contribution in [-0.4, -0.2) is 27.3 Å². The van der Waals surface area contributed by atoms with Gasteiger partial charge in [0.25, 0.3) is 0 Å². The van der Waals surface area contributed by atoms with Gasteiger partial charge in [-0.05, 0) is 24.3 Å². The predicted octanol–water partition coefficient (Wildman–Crippen LogP) is 2.89. The first-order valence-electron chi connectivity index (χ1n) is 5.19. The number of halogens is 1. The minimum Gasteiger partial charge on any atom is -0.326 e. The van der Waals surface area contributed by atoms with Gasteiger partial charge in [0, 0.05) is 21.3 Å². The molecule has 4 heteroatoms. The maximum atomic E-state index is 6.24. The summed E-state index contributed by atoms with van der Waals surface area (Å²) in [6.07, 6.45) is 3.36. The molecule has 88 valence electrons. The second-order valence-corrected chi connectivity index (χ2v) is 4.08. The third-order valence-corrected chi connectivity index (χ3v) is 3.27. The van der Waals surface area contributed by atoms with E-state index in [0.29, 0.717) is 11.0 Å². The minimum absolute atomic E-state index is 0.549. The molecule has 0 spiro atoms. The van der Waals surface area contributed by atoms with E-state index in [1.54, 1.807) is 0 Å². The number of ether oxygens (including phenoxy) is 3. The van der Waals surface area contributed by atoms with Gasteiger partial charge in [-0.2, -0.15) is 0 Å². The number of hydrogen-bond acceptors (Lipinski definition) is 3. The fraction of sp³-hybridized carbons (Fsp3) is 0.818. The van der Waals surface area contributed by atoms with Crippen LogP contribution in [0.1, 0.15) is 26.2 Å². The molecular weight excluding hydrogens is 216 g/mol. The van der Waals surface area contributed by atoms with Gasteiger partial charge in [0.15, 0.2) is 0 Å². The van der Waals surface area contributed by atoms with Crippen LogP contribution in [0.4, 0.5) is 0 Å². The fourth-order valence-electron chi connectivity index (χ4n) is 1.82. The Balaban J connectivity index is 2.78. The van der Waals surface area contributed by atoms with Crippen molar-refractivity contribution in [3.63, 3.8) is 0 Å². The van der Waals surface area contributed by atoms with Crippen LogP contribution < -0.4 is 0 Å². The van der Waals surface area contributed by atoms with Crippen LogP contribution in [0.3, 0.4) is 0 Å². The van der Waals surface area contributed by atoms with Gasteiger partial charge < -0.3 is 14.2 Å². The van der Waals surface area contributed by atoms with Crippen molar-refractivity contribution < 1.29 is 14.2 Å². The smallest absolute Gasteiger partial charge is 0.322 e. The van der Waals surface area contributed by atoms with Crippen LogP contribution >= 0.6 is 11.6 Å². The van der Waals surface area contributed by atoms with E-state index in [2.05, 4.69) is 6.92 Å². The summed E-state index contributed by atoms with van der Waals surface area (Å²) >= 11 is 6.24. The van der Waals surface area contributed by atoms with E-state index < -0.39 is 5.97 Å². The number of methoxy groups -OCH3 is 3. The van der Waals surface area contributed by atoms with Gasteiger partial charge in [0.1, 0.15) is 5.03 Å². The highest BCUT2D eigenvalue weighted by molar-refractivity contribution is 6.31. The maximum Gasteiger partial charge on any atom is 0.322 e. The Hall–Kier alpha value is -0.0900. The van der Waals surface area contributed by atoms with E-state index in [1.165, 1.54) is 33.3 Å². The van der Waals surface area contributed by atoms with Crippen LogP contribution in [0, 0.1) is 5.92 Å². The third kappa shape index (κ3) is 2.53. The van der Waals surface area contributed by atoms with Crippen molar-refractivity contribution in [2.24, 2.45) is 5.92 Å². The zero-order valence-corrected chi connectivity index (χ0v) is 10.6. The zero-order chi connectivity index (χ0) is 11.5. The normalized spacial score (nSPS) is 24.2. The maximum absolute atomic E-state index is 6.24. The van der Waals surface area contributed by atoms with E-state index >= 15 is 0 Å². The van der Waals surface area contributed by atoms with Crippen molar-refractivity contribution in [2.75, 3.05) is 21.3 Å². The molecule has 0 heterocycles. The Morgan fingerprint density at radius 2 is 1.87 bits per heavy atom. The third-order valence-electron chi connectivity index (χ3n) is 2.79. The Labute approximate surface area is 96.3 Å². The highest BCUT2D eigenvalue weighted by Gasteiger charge is 2.43. The molecule has 0 amide bonds. The molecule has 0 aromatic heterocycles. The monoisotopic (exact) mass is 234 g/mol. The van der Waals surface area contributed by atoms with E-state index in [-0.39, 0.29) is 0 Å². The average Bonchev–Trinajstić information content (AvgIpc) is 3.01. The van der Waals surface area contributed by atoms with Crippen LogP contribution in [0.25, 0.3) is 0 Å². The quantitative estimate of drug-likeness (QED) is 0.662. The molecule has 0 aliphatic heterocycles. The Bertz CT molecular complexity index is 238. The lowest BCUT2D eigenvalue weighted by atomic mass is 10.2. The molecule has 0 aromatic rings. The first-order valence-corrected chi connectivity index (χ1v) is 5.57. The molecule has 1 aliphatic carbocycles. The van der Waals surface area contributed by atoms with Gasteiger partial charge in [-0.25, -0.2) is 0 Å². The molecule has 1 rings (SSSR count). The van der Waals surface area contributed by atoms with E-state index in [4.69, 9.17) is 25.8 Å². The molecule has 0 aromatic carbocycles. The molecule has 1 fully saturated rings. The Morgan fingerprint density at radius 3 is 2.27 bits per heavy atom. The number of allylic oxidation sites excluding steroid dienone is 1. The van der Waals surface area contributed by atoms with Gasteiger partial charge in [0.2, 0.25) is 0 Å². The highest BCUT2D eigenvalue weighted by atomic mass is 35.5. The Morgan fingerprint density at radius 1 is 1.33 bits per heavy atom. The van der Waals surface area contributed by atoms with Crippen molar-refractivity contribution >= 4 is 11.6 Å². The van der Waals surface area contributed by atoms with Gasteiger partial charge >= 0.3 is 5.97 Å². The summed E-state index contributed by atoms with van der Waals surface area (Å²) in [6.45, 7) is 2.17. The van der Waals surface area contributed by atoms with Crippen LogP contribution in [0.2, 0.25) is 0 Å². The van der Waals surface area contributed by atoms with Gasteiger partial charge in [-0.15, -0.1) is 0 Å². The molecular formula is C11H19ClO3. The number of rotatable bonds is 6. The lowest BCUT2D eigenvalue weighted by Crippen LogP contribution is -2.36. The molecule has 0 saturated heterocycles. The summed E-state index contributed by atoms with van der Waals surface area (Å²) in [5.41, 5.74) is 1.20. The first-order chi connectivity index (χ1) is 7.15. The van der Waals surface area contributed by atoms with Gasteiger partial charge in [-0.1, -0.05) is 24.9 Å².